The Morgan fingerprint density at radius 2 is 1.07 bits per heavy atom. The highest BCUT2D eigenvalue weighted by molar-refractivity contribution is 5.71. The van der Waals surface area contributed by atoms with Gasteiger partial charge in [0.05, 0.1) is 12.9 Å². The molecule has 0 aliphatic rings. The summed E-state index contributed by atoms with van der Waals surface area (Å²) in [7, 11) is 0. The first-order valence-corrected chi connectivity index (χ1v) is 19.4. The number of ether oxygens (including phenoxy) is 3. The zero-order valence-corrected chi connectivity index (χ0v) is 32.5. The summed E-state index contributed by atoms with van der Waals surface area (Å²) in [6, 6.07) is 60.2. The van der Waals surface area contributed by atoms with Gasteiger partial charge in [0.25, 0.3) is 5.56 Å². The quantitative estimate of drug-likeness (QED) is 0.0741. The number of fused-ring (bicyclic) bond motifs is 1. The molecule has 10 heteroatoms. The molecule has 2 heterocycles. The first-order chi connectivity index (χ1) is 29.0. The fraction of sp³-hybridized carbons (Fsp3) is 0.143. The molecule has 10 nitrogen and oxygen atoms in total. The lowest BCUT2D eigenvalue weighted by Crippen LogP contribution is -2.39. The number of rotatable bonds is 16. The van der Waals surface area contributed by atoms with Crippen LogP contribution in [0.1, 0.15) is 40.3 Å². The Morgan fingerprint density at radius 3 is 1.49 bits per heavy atom. The maximum absolute atomic E-state index is 13.7. The number of anilines is 1. The lowest BCUT2D eigenvalue weighted by Gasteiger charge is -2.37. The topological polar surface area (TPSA) is 120 Å². The molecule has 0 aliphatic carbocycles. The van der Waals surface area contributed by atoms with E-state index in [1.54, 1.807) is 4.57 Å². The summed E-state index contributed by atoms with van der Waals surface area (Å²) in [5, 5.41) is 3.65. The molecule has 0 radical (unpaired) electrons. The Bertz CT molecular complexity index is 2450. The molecule has 6 aromatic carbocycles. The van der Waals surface area contributed by atoms with Crippen LogP contribution in [0, 0.1) is 0 Å². The van der Waals surface area contributed by atoms with Crippen LogP contribution in [-0.2, 0) is 36.9 Å². The number of esters is 1. The van der Waals surface area contributed by atoms with E-state index in [0.29, 0.717) is 5.65 Å². The molecular weight excluding hydrogens is 739 g/mol. The van der Waals surface area contributed by atoms with Crippen molar-refractivity contribution in [3.63, 3.8) is 0 Å². The molecule has 294 valence electrons. The average Bonchev–Trinajstić information content (AvgIpc) is 3.71. The number of nitrogens with zero attached hydrogens (tertiary/aromatic N) is 3. The number of benzene rings is 6. The van der Waals surface area contributed by atoms with Crippen LogP contribution in [0.5, 0.6) is 0 Å². The van der Waals surface area contributed by atoms with E-state index in [4.69, 9.17) is 19.2 Å². The summed E-state index contributed by atoms with van der Waals surface area (Å²) in [6.07, 6.45) is 0.787. The van der Waals surface area contributed by atoms with Crippen molar-refractivity contribution in [2.45, 2.75) is 30.9 Å². The van der Waals surface area contributed by atoms with Gasteiger partial charge in [-0.3, -0.25) is 19.1 Å². The van der Waals surface area contributed by atoms with Crippen LogP contribution >= 0.6 is 0 Å². The fourth-order valence-corrected chi connectivity index (χ4v) is 7.59. The van der Waals surface area contributed by atoms with Crippen molar-refractivity contribution in [2.24, 2.45) is 0 Å². The lowest BCUT2D eigenvalue weighted by atomic mass is 9.77. The first-order valence-electron chi connectivity index (χ1n) is 19.4. The van der Waals surface area contributed by atoms with Crippen LogP contribution in [0.4, 0.5) is 5.95 Å². The van der Waals surface area contributed by atoms with Gasteiger partial charge in [0, 0.05) is 6.92 Å². The van der Waals surface area contributed by atoms with E-state index in [9.17, 15) is 9.59 Å². The second kappa shape index (κ2) is 17.6. The van der Waals surface area contributed by atoms with Crippen molar-refractivity contribution < 1.29 is 19.0 Å². The standard InChI is InChI=1S/C49H43N5O5/c1-36(55)57-32-43(33-59-49(40-26-14-5-15-27-40,41-28-16-6-17-29-41)42-30-18-7-19-31-42)58-35-54-34-50-44-45(54)51-47(52-46(44)56)53-48(37-20-8-2-9-21-37,38-22-10-3-11-23-38)39-24-12-4-13-25-39/h2-31,34,43H,32-33,35H2,1H3,(H2,51,52,53,56). The Labute approximate surface area is 342 Å². The molecule has 59 heavy (non-hydrogen) atoms. The Morgan fingerprint density at radius 1 is 0.644 bits per heavy atom. The number of hydrogen-bond donors (Lipinski definition) is 2. The van der Waals surface area contributed by atoms with Crippen molar-refractivity contribution in [1.29, 1.82) is 0 Å². The maximum atomic E-state index is 13.7. The molecule has 0 aliphatic heterocycles. The molecule has 8 aromatic rings. The largest absolute Gasteiger partial charge is 0.463 e. The van der Waals surface area contributed by atoms with Crippen LogP contribution in [0.25, 0.3) is 11.2 Å². The monoisotopic (exact) mass is 781 g/mol. The van der Waals surface area contributed by atoms with Gasteiger partial charge >= 0.3 is 5.97 Å². The highest BCUT2D eigenvalue weighted by Crippen LogP contribution is 2.41. The Balaban J connectivity index is 1.14. The first kappa shape index (κ1) is 38.7. The summed E-state index contributed by atoms with van der Waals surface area (Å²) < 4.78 is 20.7. The van der Waals surface area contributed by atoms with Crippen molar-refractivity contribution in [3.05, 3.63) is 232 Å². The third-order valence-corrected chi connectivity index (χ3v) is 10.3. The Kier molecular flexibility index (Phi) is 11.5. The van der Waals surface area contributed by atoms with Gasteiger partial charge in [0.2, 0.25) is 5.95 Å². The molecule has 0 saturated carbocycles. The van der Waals surface area contributed by atoms with Crippen molar-refractivity contribution >= 4 is 23.1 Å². The second-order valence-electron chi connectivity index (χ2n) is 14.1. The smallest absolute Gasteiger partial charge is 0.302 e. The van der Waals surface area contributed by atoms with E-state index in [-0.39, 0.29) is 31.4 Å². The molecule has 0 bridgehead atoms. The van der Waals surface area contributed by atoms with Crippen LogP contribution < -0.4 is 10.9 Å². The normalized spacial score (nSPS) is 12.2. The molecule has 0 spiro atoms. The van der Waals surface area contributed by atoms with E-state index in [1.165, 1.54) is 13.3 Å². The third kappa shape index (κ3) is 8.04. The number of H-pyrrole nitrogens is 1. The fourth-order valence-electron chi connectivity index (χ4n) is 7.59. The number of imidazole rings is 1. The summed E-state index contributed by atoms with van der Waals surface area (Å²) >= 11 is 0. The summed E-state index contributed by atoms with van der Waals surface area (Å²) in [5.74, 6) is -0.214. The minimum Gasteiger partial charge on any atom is -0.463 e. The van der Waals surface area contributed by atoms with Gasteiger partial charge in [-0.25, -0.2) is 4.98 Å². The minimum absolute atomic E-state index is 0.0349. The molecule has 0 amide bonds. The maximum Gasteiger partial charge on any atom is 0.302 e. The van der Waals surface area contributed by atoms with Crippen LogP contribution in [0.15, 0.2) is 193 Å². The zero-order chi connectivity index (χ0) is 40.5. The molecule has 1 atom stereocenters. The number of carbonyl (C=O) groups excluding carboxylic acids is 1. The lowest BCUT2D eigenvalue weighted by molar-refractivity contribution is -0.151. The van der Waals surface area contributed by atoms with E-state index in [0.717, 1.165) is 33.4 Å². The minimum atomic E-state index is -1.03. The van der Waals surface area contributed by atoms with Crippen molar-refractivity contribution in [3.8, 4) is 0 Å². The van der Waals surface area contributed by atoms with Gasteiger partial charge in [0.15, 0.2) is 11.2 Å². The summed E-state index contributed by atoms with van der Waals surface area (Å²) in [6.45, 7) is 1.24. The number of hydrogen-bond acceptors (Lipinski definition) is 8. The molecule has 1 unspecified atom stereocenters. The van der Waals surface area contributed by atoms with Crippen LogP contribution in [-0.4, -0.2) is 44.8 Å². The van der Waals surface area contributed by atoms with Gasteiger partial charge in [-0.1, -0.05) is 182 Å². The van der Waals surface area contributed by atoms with Crippen molar-refractivity contribution in [1.82, 2.24) is 19.5 Å². The van der Waals surface area contributed by atoms with Gasteiger partial charge < -0.3 is 19.5 Å². The zero-order valence-electron chi connectivity index (χ0n) is 32.5. The van der Waals surface area contributed by atoms with Gasteiger partial charge in [-0.05, 0) is 33.4 Å². The average molecular weight is 782 g/mol. The molecular formula is C49H43N5O5. The predicted octanol–water partition coefficient (Wildman–Crippen LogP) is 8.44. The molecule has 0 fully saturated rings. The van der Waals surface area contributed by atoms with E-state index in [1.807, 2.05) is 146 Å². The number of aromatic amines is 1. The Hall–Kier alpha value is -7.14. The van der Waals surface area contributed by atoms with E-state index >= 15 is 0 Å². The predicted molar refractivity (Wildman–Crippen MR) is 228 cm³/mol. The molecule has 0 saturated heterocycles. The van der Waals surface area contributed by atoms with E-state index < -0.39 is 28.8 Å². The number of aromatic nitrogens is 4. The highest BCUT2D eigenvalue weighted by Gasteiger charge is 2.39. The number of nitrogens with one attached hydrogen (secondary N) is 2. The van der Waals surface area contributed by atoms with Crippen LogP contribution in [0.2, 0.25) is 0 Å². The summed E-state index contributed by atoms with van der Waals surface area (Å²) in [4.78, 5) is 38.1. The van der Waals surface area contributed by atoms with E-state index in [2.05, 4.69) is 51.7 Å². The molecule has 8 rings (SSSR count). The van der Waals surface area contributed by atoms with Crippen molar-refractivity contribution in [2.75, 3.05) is 18.5 Å². The molecule has 2 N–H and O–H groups in total. The second-order valence-corrected chi connectivity index (χ2v) is 14.1. The molecule has 2 aromatic heterocycles. The third-order valence-electron chi connectivity index (χ3n) is 10.3. The highest BCUT2D eigenvalue weighted by atomic mass is 16.6. The number of carbonyl (C=O) groups is 1. The summed E-state index contributed by atoms with van der Waals surface area (Å²) in [5.41, 5.74) is 3.67. The van der Waals surface area contributed by atoms with Gasteiger partial charge in [-0.2, -0.15) is 4.98 Å². The van der Waals surface area contributed by atoms with Crippen LogP contribution in [0.3, 0.4) is 0 Å². The van der Waals surface area contributed by atoms with Gasteiger partial charge in [0.1, 0.15) is 30.6 Å². The SMILES string of the molecule is CC(=O)OCC(COC(c1ccccc1)(c1ccccc1)c1ccccc1)OCn1cnc2c(=O)[nH]c(NC(c3ccccc3)(c3ccccc3)c3ccccc3)nc21. The van der Waals surface area contributed by atoms with Gasteiger partial charge in [-0.15, -0.1) is 0 Å².